The molecule has 0 radical (unpaired) electrons. The molecule has 1 amide bonds. The Kier molecular flexibility index (Phi) is 6.72. The SMILES string of the molecule is CCN(C)C(=O)c1cccc(S(=O)(=O)NCCS(=O)(=O)CC)c1. The van der Waals surface area contributed by atoms with Crippen molar-refractivity contribution in [2.45, 2.75) is 18.7 Å². The third-order valence-electron chi connectivity index (χ3n) is 3.36. The lowest BCUT2D eigenvalue weighted by molar-refractivity contribution is 0.0802. The Balaban J connectivity index is 2.91. The summed E-state index contributed by atoms with van der Waals surface area (Å²) in [6.45, 7) is 3.62. The molecule has 0 heterocycles. The summed E-state index contributed by atoms with van der Waals surface area (Å²) >= 11 is 0. The van der Waals surface area contributed by atoms with Crippen LogP contribution in [0, 0.1) is 0 Å². The van der Waals surface area contributed by atoms with Crippen LogP contribution in [0.1, 0.15) is 24.2 Å². The predicted octanol–water partition coefficient (Wildman–Crippen LogP) is 0.492. The van der Waals surface area contributed by atoms with E-state index in [1.165, 1.54) is 36.1 Å². The van der Waals surface area contributed by atoms with Gasteiger partial charge in [-0.2, -0.15) is 0 Å². The molecule has 0 saturated carbocycles. The fourth-order valence-corrected chi connectivity index (χ4v) is 3.63. The zero-order chi connectivity index (χ0) is 17.7. The molecule has 1 rings (SSSR count). The van der Waals surface area contributed by atoms with Crippen LogP contribution >= 0.6 is 0 Å². The van der Waals surface area contributed by atoms with Crippen LogP contribution in [0.3, 0.4) is 0 Å². The molecular formula is C14H22N2O5S2. The quantitative estimate of drug-likeness (QED) is 0.725. The van der Waals surface area contributed by atoms with Gasteiger partial charge in [0.2, 0.25) is 10.0 Å². The van der Waals surface area contributed by atoms with Gasteiger partial charge in [-0.05, 0) is 25.1 Å². The molecule has 0 atom stereocenters. The molecule has 0 fully saturated rings. The normalized spacial score (nSPS) is 12.1. The van der Waals surface area contributed by atoms with Gasteiger partial charge in [0, 0.05) is 31.5 Å². The first-order chi connectivity index (χ1) is 10.6. The summed E-state index contributed by atoms with van der Waals surface area (Å²) in [6, 6.07) is 5.66. The molecule has 130 valence electrons. The highest BCUT2D eigenvalue weighted by Gasteiger charge is 2.18. The van der Waals surface area contributed by atoms with Crippen molar-refractivity contribution < 1.29 is 21.6 Å². The van der Waals surface area contributed by atoms with Crippen LogP contribution in [0.5, 0.6) is 0 Å². The molecule has 1 aromatic carbocycles. The van der Waals surface area contributed by atoms with Crippen LogP contribution in [0.15, 0.2) is 29.2 Å². The summed E-state index contributed by atoms with van der Waals surface area (Å²) in [5, 5.41) is 0. The van der Waals surface area contributed by atoms with Gasteiger partial charge in [-0.1, -0.05) is 13.0 Å². The van der Waals surface area contributed by atoms with Crippen LogP contribution in [-0.2, 0) is 19.9 Å². The number of amides is 1. The molecule has 0 aromatic heterocycles. The number of hydrogen-bond donors (Lipinski definition) is 1. The number of hydrogen-bond acceptors (Lipinski definition) is 5. The highest BCUT2D eigenvalue weighted by Crippen LogP contribution is 2.13. The molecular weight excluding hydrogens is 340 g/mol. The highest BCUT2D eigenvalue weighted by atomic mass is 32.2. The monoisotopic (exact) mass is 362 g/mol. The van der Waals surface area contributed by atoms with E-state index < -0.39 is 19.9 Å². The fourth-order valence-electron chi connectivity index (χ4n) is 1.72. The first kappa shape index (κ1) is 19.6. The fraction of sp³-hybridized carbons (Fsp3) is 0.500. The smallest absolute Gasteiger partial charge is 0.253 e. The lowest BCUT2D eigenvalue weighted by atomic mass is 10.2. The third kappa shape index (κ3) is 5.60. The topological polar surface area (TPSA) is 101 Å². The molecule has 0 saturated heterocycles. The van der Waals surface area contributed by atoms with E-state index in [4.69, 9.17) is 0 Å². The Bertz CT molecular complexity index is 757. The summed E-state index contributed by atoms with van der Waals surface area (Å²) in [6.07, 6.45) is 0. The molecule has 7 nitrogen and oxygen atoms in total. The summed E-state index contributed by atoms with van der Waals surface area (Å²) < 4.78 is 49.4. The summed E-state index contributed by atoms with van der Waals surface area (Å²) in [5.74, 6) is -0.583. The predicted molar refractivity (Wildman–Crippen MR) is 88.6 cm³/mol. The lowest BCUT2D eigenvalue weighted by Gasteiger charge is -2.15. The number of carbonyl (C=O) groups is 1. The van der Waals surface area contributed by atoms with E-state index in [1.807, 2.05) is 6.92 Å². The maximum Gasteiger partial charge on any atom is 0.253 e. The van der Waals surface area contributed by atoms with Crippen molar-refractivity contribution in [3.05, 3.63) is 29.8 Å². The Morgan fingerprint density at radius 3 is 2.39 bits per heavy atom. The number of nitrogens with zero attached hydrogens (tertiary/aromatic N) is 1. The van der Waals surface area contributed by atoms with Gasteiger partial charge in [0.1, 0.15) is 0 Å². The van der Waals surface area contributed by atoms with E-state index in [0.29, 0.717) is 6.54 Å². The van der Waals surface area contributed by atoms with Crippen LogP contribution in [-0.4, -0.2) is 59.3 Å². The first-order valence-electron chi connectivity index (χ1n) is 7.18. The van der Waals surface area contributed by atoms with E-state index in [9.17, 15) is 21.6 Å². The van der Waals surface area contributed by atoms with E-state index >= 15 is 0 Å². The second-order valence-corrected chi connectivity index (χ2v) is 9.22. The molecule has 0 spiro atoms. The van der Waals surface area contributed by atoms with Gasteiger partial charge < -0.3 is 4.90 Å². The zero-order valence-electron chi connectivity index (χ0n) is 13.4. The molecule has 0 bridgehead atoms. The number of sulfone groups is 1. The molecule has 9 heteroatoms. The van der Waals surface area contributed by atoms with E-state index in [2.05, 4.69) is 4.72 Å². The molecule has 0 aliphatic rings. The van der Waals surface area contributed by atoms with Gasteiger partial charge in [-0.25, -0.2) is 21.6 Å². The standard InChI is InChI=1S/C14H22N2O5S2/c1-4-16(3)14(17)12-7-6-8-13(11-12)23(20,21)15-9-10-22(18,19)5-2/h6-8,11,15H,4-5,9-10H2,1-3H3. The minimum Gasteiger partial charge on any atom is -0.342 e. The Morgan fingerprint density at radius 2 is 1.83 bits per heavy atom. The first-order valence-corrected chi connectivity index (χ1v) is 10.5. The Labute approximate surface area is 137 Å². The van der Waals surface area contributed by atoms with Crippen LogP contribution in [0.4, 0.5) is 0 Å². The number of rotatable bonds is 8. The average molecular weight is 362 g/mol. The second kappa shape index (κ2) is 7.89. The van der Waals surface area contributed by atoms with Crippen molar-refractivity contribution in [3.63, 3.8) is 0 Å². The minimum atomic E-state index is -3.86. The highest BCUT2D eigenvalue weighted by molar-refractivity contribution is 7.91. The van der Waals surface area contributed by atoms with Gasteiger partial charge in [0.05, 0.1) is 10.6 Å². The van der Waals surface area contributed by atoms with Crippen molar-refractivity contribution in [1.82, 2.24) is 9.62 Å². The molecule has 0 aliphatic carbocycles. The largest absolute Gasteiger partial charge is 0.342 e. The van der Waals surface area contributed by atoms with Crippen molar-refractivity contribution in [2.75, 3.05) is 31.6 Å². The van der Waals surface area contributed by atoms with Crippen molar-refractivity contribution in [1.29, 1.82) is 0 Å². The van der Waals surface area contributed by atoms with Gasteiger partial charge in [-0.15, -0.1) is 0 Å². The number of carbonyl (C=O) groups excluding carboxylic acids is 1. The molecule has 0 aliphatic heterocycles. The Morgan fingerprint density at radius 1 is 1.17 bits per heavy atom. The van der Waals surface area contributed by atoms with E-state index in [1.54, 1.807) is 7.05 Å². The van der Waals surface area contributed by atoms with Gasteiger partial charge >= 0.3 is 0 Å². The van der Waals surface area contributed by atoms with Crippen LogP contribution in [0.25, 0.3) is 0 Å². The van der Waals surface area contributed by atoms with E-state index in [-0.39, 0.29) is 34.4 Å². The second-order valence-electron chi connectivity index (χ2n) is 4.98. The molecule has 23 heavy (non-hydrogen) atoms. The lowest BCUT2D eigenvalue weighted by Crippen LogP contribution is -2.30. The van der Waals surface area contributed by atoms with Crippen LogP contribution in [0.2, 0.25) is 0 Å². The molecule has 0 unspecified atom stereocenters. The van der Waals surface area contributed by atoms with Crippen molar-refractivity contribution in [3.8, 4) is 0 Å². The number of nitrogens with one attached hydrogen (secondary N) is 1. The van der Waals surface area contributed by atoms with E-state index in [0.717, 1.165) is 0 Å². The number of benzene rings is 1. The molecule has 1 N–H and O–H groups in total. The van der Waals surface area contributed by atoms with Crippen LogP contribution < -0.4 is 4.72 Å². The van der Waals surface area contributed by atoms with Crippen molar-refractivity contribution in [2.24, 2.45) is 0 Å². The molecule has 1 aromatic rings. The minimum absolute atomic E-state index is 0.0396. The van der Waals surface area contributed by atoms with Gasteiger partial charge in [0.15, 0.2) is 9.84 Å². The number of sulfonamides is 1. The summed E-state index contributed by atoms with van der Waals surface area (Å²) in [7, 11) is -5.49. The Hall–Kier alpha value is -1.45. The zero-order valence-corrected chi connectivity index (χ0v) is 15.1. The average Bonchev–Trinajstić information content (AvgIpc) is 2.53. The summed E-state index contributed by atoms with van der Waals surface area (Å²) in [5.41, 5.74) is 0.262. The third-order valence-corrected chi connectivity index (χ3v) is 6.52. The van der Waals surface area contributed by atoms with Crippen molar-refractivity contribution >= 4 is 25.8 Å². The maximum atomic E-state index is 12.2. The summed E-state index contributed by atoms with van der Waals surface area (Å²) in [4.78, 5) is 13.5. The van der Waals surface area contributed by atoms with Gasteiger partial charge in [0.25, 0.3) is 5.91 Å². The van der Waals surface area contributed by atoms with Gasteiger partial charge in [-0.3, -0.25) is 4.79 Å². The maximum absolute atomic E-state index is 12.2.